The van der Waals surface area contributed by atoms with Gasteiger partial charge in [-0.1, -0.05) is 36.4 Å². The lowest BCUT2D eigenvalue weighted by Gasteiger charge is -2.11. The van der Waals surface area contributed by atoms with Gasteiger partial charge in [0.05, 0.1) is 10.6 Å². The van der Waals surface area contributed by atoms with Crippen molar-refractivity contribution in [2.45, 2.75) is 30.2 Å². The van der Waals surface area contributed by atoms with E-state index in [9.17, 15) is 8.42 Å². The highest BCUT2D eigenvalue weighted by Crippen LogP contribution is 2.39. The molecule has 0 aliphatic heterocycles. The number of para-hydroxylation sites is 1. The van der Waals surface area contributed by atoms with Crippen LogP contribution >= 0.6 is 0 Å². The van der Waals surface area contributed by atoms with Gasteiger partial charge in [-0.3, -0.25) is 0 Å². The molecule has 1 aliphatic carbocycles. The summed E-state index contributed by atoms with van der Waals surface area (Å²) in [7, 11) is -3.21. The number of sulfone groups is 1. The second kappa shape index (κ2) is 5.53. The third kappa shape index (κ3) is 3.45. The van der Waals surface area contributed by atoms with Crippen LogP contribution in [0.2, 0.25) is 0 Å². The Morgan fingerprint density at radius 1 is 1.05 bits per heavy atom. The van der Waals surface area contributed by atoms with Crippen molar-refractivity contribution in [1.82, 2.24) is 0 Å². The fourth-order valence-electron chi connectivity index (χ4n) is 2.46. The Morgan fingerprint density at radius 3 is 2.33 bits per heavy atom. The maximum Gasteiger partial charge on any atom is 0.177 e. The number of anilines is 1. The molecular formula is C17H19NO2S. The Labute approximate surface area is 125 Å². The lowest BCUT2D eigenvalue weighted by atomic mass is 10.1. The summed E-state index contributed by atoms with van der Waals surface area (Å²) in [6.07, 6.45) is 3.84. The zero-order chi connectivity index (χ0) is 14.9. The van der Waals surface area contributed by atoms with Crippen molar-refractivity contribution in [2.75, 3.05) is 11.6 Å². The molecular weight excluding hydrogens is 282 g/mol. The standard InChI is InChI=1S/C17H19NO2S/c1-21(19,20)17-5-3-2-4-16(17)18-12-13-6-8-14(9-7-13)15-10-11-15/h2-9,15,18H,10-12H2,1H3. The molecule has 0 bridgehead atoms. The number of nitrogens with one attached hydrogen (secondary N) is 1. The van der Waals surface area contributed by atoms with Gasteiger partial charge in [-0.2, -0.15) is 0 Å². The minimum absolute atomic E-state index is 0.347. The van der Waals surface area contributed by atoms with Gasteiger partial charge in [0.1, 0.15) is 0 Å². The van der Waals surface area contributed by atoms with E-state index in [2.05, 4.69) is 29.6 Å². The van der Waals surface area contributed by atoms with E-state index in [4.69, 9.17) is 0 Å². The summed E-state index contributed by atoms with van der Waals surface area (Å²) < 4.78 is 23.5. The lowest BCUT2D eigenvalue weighted by Crippen LogP contribution is -2.06. The van der Waals surface area contributed by atoms with Gasteiger partial charge in [0.25, 0.3) is 0 Å². The van der Waals surface area contributed by atoms with Gasteiger partial charge in [0.15, 0.2) is 9.84 Å². The zero-order valence-electron chi connectivity index (χ0n) is 12.0. The summed E-state index contributed by atoms with van der Waals surface area (Å²) in [4.78, 5) is 0.347. The Kier molecular flexibility index (Phi) is 3.72. The van der Waals surface area contributed by atoms with Gasteiger partial charge in [0.2, 0.25) is 0 Å². The summed E-state index contributed by atoms with van der Waals surface area (Å²) in [5.41, 5.74) is 3.23. The van der Waals surface area contributed by atoms with Gasteiger partial charge in [0, 0.05) is 12.8 Å². The van der Waals surface area contributed by atoms with Crippen molar-refractivity contribution in [2.24, 2.45) is 0 Å². The molecule has 0 heterocycles. The molecule has 1 N–H and O–H groups in total. The third-order valence-electron chi connectivity index (χ3n) is 3.80. The lowest BCUT2D eigenvalue weighted by molar-refractivity contribution is 0.602. The normalized spacial score (nSPS) is 14.9. The third-order valence-corrected chi connectivity index (χ3v) is 4.95. The van der Waals surface area contributed by atoms with E-state index >= 15 is 0 Å². The van der Waals surface area contributed by atoms with E-state index in [1.54, 1.807) is 18.2 Å². The molecule has 0 aromatic heterocycles. The topological polar surface area (TPSA) is 46.2 Å². The van der Waals surface area contributed by atoms with Crippen LogP contribution in [0.5, 0.6) is 0 Å². The van der Waals surface area contributed by atoms with Gasteiger partial charge >= 0.3 is 0 Å². The average Bonchev–Trinajstić information content (AvgIpc) is 3.30. The molecule has 110 valence electrons. The van der Waals surface area contributed by atoms with Gasteiger partial charge < -0.3 is 5.32 Å². The Morgan fingerprint density at radius 2 is 1.71 bits per heavy atom. The molecule has 3 rings (SSSR count). The largest absolute Gasteiger partial charge is 0.380 e. The summed E-state index contributed by atoms with van der Waals surface area (Å²) >= 11 is 0. The number of hydrogen-bond acceptors (Lipinski definition) is 3. The van der Waals surface area contributed by atoms with Crippen LogP contribution in [0, 0.1) is 0 Å². The van der Waals surface area contributed by atoms with Crippen LogP contribution < -0.4 is 5.32 Å². The molecule has 2 aromatic carbocycles. The molecule has 1 fully saturated rings. The fourth-order valence-corrected chi connectivity index (χ4v) is 3.32. The minimum Gasteiger partial charge on any atom is -0.380 e. The van der Waals surface area contributed by atoms with Crippen LogP contribution in [-0.2, 0) is 16.4 Å². The Hall–Kier alpha value is -1.81. The smallest absolute Gasteiger partial charge is 0.177 e. The van der Waals surface area contributed by atoms with Gasteiger partial charge in [-0.05, 0) is 42.0 Å². The number of hydrogen-bond donors (Lipinski definition) is 1. The molecule has 0 saturated heterocycles. The van der Waals surface area contributed by atoms with E-state index in [0.29, 0.717) is 17.1 Å². The first kappa shape index (κ1) is 14.1. The molecule has 2 aromatic rings. The van der Waals surface area contributed by atoms with Crippen LogP contribution in [0.1, 0.15) is 29.9 Å². The van der Waals surface area contributed by atoms with Crippen molar-refractivity contribution in [3.63, 3.8) is 0 Å². The summed E-state index contributed by atoms with van der Waals surface area (Å²) in [5.74, 6) is 0.762. The molecule has 21 heavy (non-hydrogen) atoms. The van der Waals surface area contributed by atoms with E-state index in [1.165, 1.54) is 24.7 Å². The maximum atomic E-state index is 11.8. The van der Waals surface area contributed by atoms with Crippen molar-refractivity contribution < 1.29 is 8.42 Å². The first-order valence-corrected chi connectivity index (χ1v) is 9.05. The summed E-state index contributed by atoms with van der Waals surface area (Å²) in [6.45, 7) is 0.622. The van der Waals surface area contributed by atoms with Crippen LogP contribution in [0.4, 0.5) is 5.69 Å². The SMILES string of the molecule is CS(=O)(=O)c1ccccc1NCc1ccc(C2CC2)cc1. The first-order chi connectivity index (χ1) is 10.0. The van der Waals surface area contributed by atoms with Gasteiger partial charge in [-0.15, -0.1) is 0 Å². The predicted molar refractivity (Wildman–Crippen MR) is 85.3 cm³/mol. The molecule has 1 saturated carbocycles. The van der Waals surface area contributed by atoms with Crippen LogP contribution in [0.25, 0.3) is 0 Å². The van der Waals surface area contributed by atoms with E-state index < -0.39 is 9.84 Å². The second-order valence-electron chi connectivity index (χ2n) is 5.64. The molecule has 0 unspecified atom stereocenters. The monoisotopic (exact) mass is 301 g/mol. The van der Waals surface area contributed by atoms with Crippen molar-refractivity contribution in [3.8, 4) is 0 Å². The predicted octanol–water partition coefficient (Wildman–Crippen LogP) is 3.58. The number of rotatable bonds is 5. The second-order valence-corrected chi connectivity index (χ2v) is 7.62. The molecule has 1 aliphatic rings. The van der Waals surface area contributed by atoms with Crippen molar-refractivity contribution >= 4 is 15.5 Å². The number of benzene rings is 2. The molecule has 0 atom stereocenters. The van der Waals surface area contributed by atoms with Crippen molar-refractivity contribution in [3.05, 3.63) is 59.7 Å². The van der Waals surface area contributed by atoms with Crippen LogP contribution in [-0.4, -0.2) is 14.7 Å². The van der Waals surface area contributed by atoms with Crippen LogP contribution in [0.3, 0.4) is 0 Å². The van der Waals surface area contributed by atoms with E-state index in [0.717, 1.165) is 11.5 Å². The highest BCUT2D eigenvalue weighted by Gasteiger charge is 2.22. The molecule has 0 spiro atoms. The zero-order valence-corrected chi connectivity index (χ0v) is 12.9. The summed E-state index contributed by atoms with van der Waals surface area (Å²) in [6, 6.07) is 15.6. The van der Waals surface area contributed by atoms with E-state index in [-0.39, 0.29) is 0 Å². The highest BCUT2D eigenvalue weighted by molar-refractivity contribution is 7.90. The quantitative estimate of drug-likeness (QED) is 0.918. The fraction of sp³-hybridized carbons (Fsp3) is 0.294. The van der Waals surface area contributed by atoms with Crippen LogP contribution in [0.15, 0.2) is 53.4 Å². The molecule has 4 heteroatoms. The summed E-state index contributed by atoms with van der Waals surface area (Å²) in [5, 5.41) is 3.22. The highest BCUT2D eigenvalue weighted by atomic mass is 32.2. The van der Waals surface area contributed by atoms with Gasteiger partial charge in [-0.25, -0.2) is 8.42 Å². The Balaban J connectivity index is 1.72. The first-order valence-electron chi connectivity index (χ1n) is 7.16. The minimum atomic E-state index is -3.21. The Bertz CT molecular complexity index is 732. The average molecular weight is 301 g/mol. The molecule has 0 radical (unpaired) electrons. The molecule has 0 amide bonds. The van der Waals surface area contributed by atoms with E-state index in [1.807, 2.05) is 6.07 Å². The molecule has 3 nitrogen and oxygen atoms in total. The maximum absolute atomic E-state index is 11.8. The van der Waals surface area contributed by atoms with Crippen molar-refractivity contribution in [1.29, 1.82) is 0 Å².